The Morgan fingerprint density at radius 2 is 1.76 bits per heavy atom. The summed E-state index contributed by atoms with van der Waals surface area (Å²) in [6.07, 6.45) is 8.50. The van der Waals surface area contributed by atoms with Gasteiger partial charge in [0.15, 0.2) is 6.29 Å². The minimum Gasteiger partial charge on any atom is -0.459 e. The highest BCUT2D eigenvalue weighted by Gasteiger charge is 2.63. The fraction of sp³-hybridized carbons (Fsp3) is 0.765. The number of hydrogen-bond acceptors (Lipinski definition) is 7. The number of nitrogens with one attached hydrogen (secondary N) is 1. The first-order valence-corrected chi connectivity index (χ1v) is 16.1. The van der Waals surface area contributed by atoms with Crippen molar-refractivity contribution in [2.75, 3.05) is 14.2 Å². The van der Waals surface area contributed by atoms with Crippen molar-refractivity contribution in [2.45, 2.75) is 103 Å². The number of esters is 1. The molecule has 234 valence electrons. The summed E-state index contributed by atoms with van der Waals surface area (Å²) in [5, 5.41) is 11.7. The highest BCUT2D eigenvalue weighted by atomic mass is 16.7. The van der Waals surface area contributed by atoms with E-state index in [-0.39, 0.29) is 34.9 Å². The molecule has 5 rings (SSSR count). The molecule has 4 aliphatic carbocycles. The molecule has 8 nitrogen and oxygen atoms in total. The van der Waals surface area contributed by atoms with Crippen molar-refractivity contribution in [3.63, 3.8) is 0 Å². The highest BCUT2D eigenvalue weighted by molar-refractivity contribution is 5.89. The minimum absolute atomic E-state index is 0.0902. The Hall–Kier alpha value is -2.00. The first-order valence-electron chi connectivity index (χ1n) is 16.1. The summed E-state index contributed by atoms with van der Waals surface area (Å²) >= 11 is 0. The number of methoxy groups -OCH3 is 2. The normalized spacial score (nSPS) is 38.2. The number of aliphatic hydroxyl groups is 1. The number of fused-ring (bicyclic) bond motifs is 5. The second-order valence-corrected chi connectivity index (χ2v) is 14.3. The predicted octanol–water partition coefficient (Wildman–Crippen LogP) is 5.54. The van der Waals surface area contributed by atoms with Gasteiger partial charge in [-0.1, -0.05) is 32.9 Å². The van der Waals surface area contributed by atoms with Gasteiger partial charge in [0, 0.05) is 26.2 Å². The molecule has 1 amide bonds. The zero-order valence-corrected chi connectivity index (χ0v) is 26.1. The van der Waals surface area contributed by atoms with E-state index >= 15 is 0 Å². The van der Waals surface area contributed by atoms with Crippen LogP contribution < -0.4 is 11.3 Å². The van der Waals surface area contributed by atoms with Crippen LogP contribution in [-0.2, 0) is 19.0 Å². The van der Waals surface area contributed by atoms with Crippen LogP contribution in [0.4, 0.5) is 0 Å². The van der Waals surface area contributed by atoms with E-state index in [9.17, 15) is 14.7 Å². The van der Waals surface area contributed by atoms with Gasteiger partial charge in [0.2, 0.25) is 5.91 Å². The predicted molar refractivity (Wildman–Crippen MR) is 160 cm³/mol. The van der Waals surface area contributed by atoms with Gasteiger partial charge in [0.05, 0.1) is 11.7 Å². The maximum Gasteiger partial charge on any atom is 0.338 e. The Morgan fingerprint density at radius 1 is 1.05 bits per heavy atom. The van der Waals surface area contributed by atoms with E-state index in [4.69, 9.17) is 20.1 Å². The van der Waals surface area contributed by atoms with Crippen LogP contribution >= 0.6 is 0 Å². The standard InChI is InChI=1S/C34H52N2O6/c1-20(9-12-29(38)36-35)25-10-11-26-30-27(14-16-34(25,26)3)33(2)15-13-24(18-23(33)19-28(30)37)42-31(39)21-7-6-8-22(17-21)32(40-4)41-5/h6-8,17,20,23-28,30,32,37H,9-16,18-19,35H2,1-5H3,(H,36,38)/t20-,23+,24-,25-,26+,27+,28-,30+,33+,34-/m1/s1. The van der Waals surface area contributed by atoms with Gasteiger partial charge in [-0.25, -0.2) is 10.6 Å². The largest absolute Gasteiger partial charge is 0.459 e. The molecule has 10 atom stereocenters. The average Bonchev–Trinajstić information content (AvgIpc) is 3.34. The fourth-order valence-corrected chi connectivity index (χ4v) is 10.3. The number of carbonyl (C=O) groups is 2. The molecule has 0 unspecified atom stereocenters. The Bertz CT molecular complexity index is 1130. The quantitative estimate of drug-likeness (QED) is 0.115. The first-order chi connectivity index (χ1) is 20.0. The van der Waals surface area contributed by atoms with E-state index in [0.29, 0.717) is 47.5 Å². The van der Waals surface area contributed by atoms with Crippen molar-refractivity contribution in [2.24, 2.45) is 52.2 Å². The zero-order chi connectivity index (χ0) is 30.2. The number of nitrogens with two attached hydrogens (primary N) is 1. The summed E-state index contributed by atoms with van der Waals surface area (Å²) in [6, 6.07) is 7.26. The molecule has 42 heavy (non-hydrogen) atoms. The molecule has 0 radical (unpaired) electrons. The van der Waals surface area contributed by atoms with Crippen molar-refractivity contribution in [3.8, 4) is 0 Å². The van der Waals surface area contributed by atoms with Crippen molar-refractivity contribution >= 4 is 11.9 Å². The Balaban J connectivity index is 1.25. The Kier molecular flexibility index (Phi) is 9.39. The SMILES string of the molecule is COC(OC)c1cccc(C(=O)O[C@@H]2CC[C@@]3(C)[C@@H](C2)C[C@@H](O)[C@@H]2[C@@H]3CC[C@]3(C)[C@@H]([C@H](C)CCC(=O)NN)CC[C@@H]23)c1. The van der Waals surface area contributed by atoms with E-state index in [1.165, 1.54) is 19.3 Å². The summed E-state index contributed by atoms with van der Waals surface area (Å²) in [5.74, 6) is 7.63. The number of aliphatic hydroxyl groups excluding tert-OH is 1. The van der Waals surface area contributed by atoms with E-state index in [1.807, 2.05) is 12.1 Å². The van der Waals surface area contributed by atoms with Gasteiger partial charge in [0.25, 0.3) is 0 Å². The molecule has 0 spiro atoms. The van der Waals surface area contributed by atoms with Crippen LogP contribution in [0.2, 0.25) is 0 Å². The molecule has 4 aliphatic rings. The highest BCUT2D eigenvalue weighted by Crippen LogP contribution is 2.68. The molecule has 4 N–H and O–H groups in total. The second kappa shape index (κ2) is 12.5. The third-order valence-corrected chi connectivity index (χ3v) is 12.5. The van der Waals surface area contributed by atoms with Crippen LogP contribution in [0.25, 0.3) is 0 Å². The van der Waals surface area contributed by atoms with Crippen LogP contribution in [0.15, 0.2) is 24.3 Å². The average molecular weight is 585 g/mol. The summed E-state index contributed by atoms with van der Waals surface area (Å²) in [4.78, 5) is 25.0. The van der Waals surface area contributed by atoms with Crippen molar-refractivity contribution in [1.29, 1.82) is 0 Å². The van der Waals surface area contributed by atoms with E-state index in [1.54, 1.807) is 26.4 Å². The summed E-state index contributed by atoms with van der Waals surface area (Å²) < 4.78 is 16.8. The van der Waals surface area contributed by atoms with Crippen LogP contribution in [0, 0.1) is 46.3 Å². The Morgan fingerprint density at radius 3 is 2.48 bits per heavy atom. The van der Waals surface area contributed by atoms with Crippen molar-refractivity contribution in [1.82, 2.24) is 5.43 Å². The topological polar surface area (TPSA) is 120 Å². The smallest absolute Gasteiger partial charge is 0.338 e. The number of amides is 1. The number of rotatable bonds is 9. The zero-order valence-electron chi connectivity index (χ0n) is 26.1. The minimum atomic E-state index is -0.529. The Labute approximate surface area is 251 Å². The lowest BCUT2D eigenvalue weighted by Crippen LogP contribution is -2.58. The van der Waals surface area contributed by atoms with E-state index in [0.717, 1.165) is 44.1 Å². The molecule has 8 heteroatoms. The molecule has 4 saturated carbocycles. The van der Waals surface area contributed by atoms with Crippen molar-refractivity contribution in [3.05, 3.63) is 35.4 Å². The van der Waals surface area contributed by atoms with Crippen LogP contribution in [0.1, 0.15) is 107 Å². The van der Waals surface area contributed by atoms with Gasteiger partial charge in [0.1, 0.15) is 6.10 Å². The maximum absolute atomic E-state index is 13.2. The number of hydrazine groups is 1. The maximum atomic E-state index is 13.2. The number of ether oxygens (including phenoxy) is 3. The molecule has 0 bridgehead atoms. The monoisotopic (exact) mass is 584 g/mol. The molecular formula is C34H52N2O6. The molecular weight excluding hydrogens is 532 g/mol. The number of benzene rings is 1. The number of hydrogen-bond donors (Lipinski definition) is 3. The molecule has 1 aromatic rings. The molecule has 4 fully saturated rings. The van der Waals surface area contributed by atoms with Gasteiger partial charge in [-0.05, 0) is 116 Å². The van der Waals surface area contributed by atoms with Crippen molar-refractivity contribution < 1.29 is 28.9 Å². The van der Waals surface area contributed by atoms with E-state index < -0.39 is 6.29 Å². The van der Waals surface area contributed by atoms with E-state index in [2.05, 4.69) is 26.2 Å². The lowest BCUT2D eigenvalue weighted by atomic mass is 9.43. The number of carbonyl (C=O) groups excluding carboxylic acids is 2. The van der Waals surface area contributed by atoms with Gasteiger partial charge in [-0.2, -0.15) is 0 Å². The molecule has 0 aliphatic heterocycles. The summed E-state index contributed by atoms with van der Waals surface area (Å²) in [5.41, 5.74) is 3.91. The van der Waals surface area contributed by atoms with Crippen LogP contribution in [0.3, 0.4) is 0 Å². The molecule has 0 saturated heterocycles. The summed E-state index contributed by atoms with van der Waals surface area (Å²) in [6.45, 7) is 7.23. The molecule has 0 aromatic heterocycles. The van der Waals surface area contributed by atoms with Crippen LogP contribution in [-0.4, -0.2) is 43.4 Å². The molecule has 0 heterocycles. The van der Waals surface area contributed by atoms with Crippen LogP contribution in [0.5, 0.6) is 0 Å². The van der Waals surface area contributed by atoms with Gasteiger partial charge in [-0.3, -0.25) is 10.2 Å². The lowest BCUT2D eigenvalue weighted by molar-refractivity contribution is -0.174. The van der Waals surface area contributed by atoms with Gasteiger partial charge < -0.3 is 19.3 Å². The first kappa shape index (κ1) is 31.4. The lowest BCUT2D eigenvalue weighted by Gasteiger charge is -2.62. The molecule has 1 aromatic carbocycles. The third-order valence-electron chi connectivity index (χ3n) is 12.5. The second-order valence-electron chi connectivity index (χ2n) is 14.3. The fourth-order valence-electron chi connectivity index (χ4n) is 10.3. The third kappa shape index (κ3) is 5.64. The van der Waals surface area contributed by atoms with Gasteiger partial charge >= 0.3 is 5.97 Å². The summed E-state index contributed by atoms with van der Waals surface area (Å²) in [7, 11) is 3.15. The van der Waals surface area contributed by atoms with Gasteiger partial charge in [-0.15, -0.1) is 0 Å².